The highest BCUT2D eigenvalue weighted by molar-refractivity contribution is 5.86. The van der Waals surface area contributed by atoms with Crippen molar-refractivity contribution in [3.8, 4) is 5.88 Å². The zero-order valence-electron chi connectivity index (χ0n) is 7.16. The highest BCUT2D eigenvalue weighted by Gasteiger charge is 2.00. The molecule has 66 valence electrons. The van der Waals surface area contributed by atoms with Crippen molar-refractivity contribution >= 4 is 10.8 Å². The van der Waals surface area contributed by atoms with E-state index in [1.807, 2.05) is 19.1 Å². The standard InChI is InChI=1S/C10H9NO2/c1-6-2-3-8-7(4-6)5-9(12)11-10(8)13/h2-5H,1H3,(H2,11,12,13). The first-order valence-corrected chi connectivity index (χ1v) is 3.99. The van der Waals surface area contributed by atoms with Gasteiger partial charge in [-0.25, -0.2) is 0 Å². The maximum atomic E-state index is 11.0. The summed E-state index contributed by atoms with van der Waals surface area (Å²) in [6, 6.07) is 7.02. The van der Waals surface area contributed by atoms with E-state index in [4.69, 9.17) is 0 Å². The number of nitrogens with one attached hydrogen (secondary N) is 1. The summed E-state index contributed by atoms with van der Waals surface area (Å²) in [7, 11) is 0. The van der Waals surface area contributed by atoms with Crippen molar-refractivity contribution in [2.24, 2.45) is 0 Å². The molecule has 0 saturated carbocycles. The van der Waals surface area contributed by atoms with E-state index in [0.29, 0.717) is 5.39 Å². The highest BCUT2D eigenvalue weighted by atomic mass is 16.3. The molecule has 2 rings (SSSR count). The summed E-state index contributed by atoms with van der Waals surface area (Å²) >= 11 is 0. The number of aromatic nitrogens is 1. The third-order valence-corrected chi connectivity index (χ3v) is 1.99. The van der Waals surface area contributed by atoms with E-state index in [1.165, 1.54) is 6.07 Å². The number of pyridine rings is 1. The molecule has 0 fully saturated rings. The monoisotopic (exact) mass is 175 g/mol. The maximum absolute atomic E-state index is 11.0. The summed E-state index contributed by atoms with van der Waals surface area (Å²) in [5.74, 6) is -0.0671. The second kappa shape index (κ2) is 2.62. The smallest absolute Gasteiger partial charge is 0.251 e. The first-order chi connectivity index (χ1) is 6.16. The predicted octanol–water partition coefficient (Wildman–Crippen LogP) is 1.54. The van der Waals surface area contributed by atoms with Crippen molar-refractivity contribution < 1.29 is 5.11 Å². The summed E-state index contributed by atoms with van der Waals surface area (Å²) in [6.07, 6.45) is 0. The van der Waals surface area contributed by atoms with Gasteiger partial charge in [0.15, 0.2) is 5.88 Å². The molecule has 0 amide bonds. The van der Waals surface area contributed by atoms with Crippen LogP contribution in [-0.4, -0.2) is 10.1 Å². The van der Waals surface area contributed by atoms with Crippen LogP contribution in [0.25, 0.3) is 10.8 Å². The number of aromatic amines is 1. The zero-order chi connectivity index (χ0) is 9.42. The van der Waals surface area contributed by atoms with Crippen LogP contribution in [0.1, 0.15) is 5.56 Å². The van der Waals surface area contributed by atoms with E-state index in [-0.39, 0.29) is 11.4 Å². The van der Waals surface area contributed by atoms with Crippen LogP contribution in [0.4, 0.5) is 0 Å². The van der Waals surface area contributed by atoms with Crippen LogP contribution in [0, 0.1) is 6.92 Å². The first-order valence-electron chi connectivity index (χ1n) is 3.99. The molecule has 1 heterocycles. The summed E-state index contributed by atoms with van der Waals surface area (Å²) in [4.78, 5) is 13.3. The van der Waals surface area contributed by atoms with Gasteiger partial charge < -0.3 is 5.11 Å². The van der Waals surface area contributed by atoms with Crippen LogP contribution in [0.2, 0.25) is 0 Å². The number of hydrogen-bond acceptors (Lipinski definition) is 2. The molecular weight excluding hydrogens is 166 g/mol. The van der Waals surface area contributed by atoms with Crippen molar-refractivity contribution in [2.45, 2.75) is 6.92 Å². The molecule has 3 nitrogen and oxygen atoms in total. The SMILES string of the molecule is Cc1ccc2c(O)[nH]c(=O)cc2c1. The van der Waals surface area contributed by atoms with Crippen molar-refractivity contribution in [3.63, 3.8) is 0 Å². The van der Waals surface area contributed by atoms with E-state index >= 15 is 0 Å². The number of aryl methyl sites for hydroxylation is 1. The second-order valence-corrected chi connectivity index (χ2v) is 3.07. The molecule has 3 heteroatoms. The number of aromatic hydroxyl groups is 1. The Balaban J connectivity index is 2.94. The predicted molar refractivity (Wildman–Crippen MR) is 51.0 cm³/mol. The largest absolute Gasteiger partial charge is 0.494 e. The van der Waals surface area contributed by atoms with Gasteiger partial charge >= 0.3 is 0 Å². The van der Waals surface area contributed by atoms with Crippen LogP contribution >= 0.6 is 0 Å². The number of rotatable bonds is 0. The Labute approximate surface area is 74.7 Å². The molecule has 0 aliphatic carbocycles. The summed E-state index contributed by atoms with van der Waals surface area (Å²) in [6.45, 7) is 1.94. The fourth-order valence-corrected chi connectivity index (χ4v) is 1.38. The number of hydrogen-bond donors (Lipinski definition) is 2. The lowest BCUT2D eigenvalue weighted by molar-refractivity contribution is 0.459. The van der Waals surface area contributed by atoms with Crippen LogP contribution in [0.3, 0.4) is 0 Å². The minimum absolute atomic E-state index is 0.0671. The molecule has 2 N–H and O–H groups in total. The third kappa shape index (κ3) is 1.28. The van der Waals surface area contributed by atoms with Gasteiger partial charge in [0.2, 0.25) is 0 Å². The Bertz CT molecular complexity index is 514. The molecule has 0 aliphatic rings. The van der Waals surface area contributed by atoms with Gasteiger partial charge in [-0.3, -0.25) is 9.78 Å². The van der Waals surface area contributed by atoms with Gasteiger partial charge in [0.05, 0.1) is 0 Å². The van der Waals surface area contributed by atoms with Crippen LogP contribution in [0.5, 0.6) is 5.88 Å². The fourth-order valence-electron chi connectivity index (χ4n) is 1.38. The molecule has 1 aromatic heterocycles. The summed E-state index contributed by atoms with van der Waals surface area (Å²) < 4.78 is 0. The number of benzene rings is 1. The Kier molecular flexibility index (Phi) is 1.59. The Morgan fingerprint density at radius 1 is 1.31 bits per heavy atom. The average molecular weight is 175 g/mol. The molecule has 0 bridgehead atoms. The quantitative estimate of drug-likeness (QED) is 0.638. The Hall–Kier alpha value is -1.77. The van der Waals surface area contributed by atoms with E-state index in [0.717, 1.165) is 10.9 Å². The van der Waals surface area contributed by atoms with Gasteiger partial charge in [-0.2, -0.15) is 0 Å². The minimum Gasteiger partial charge on any atom is -0.494 e. The number of H-pyrrole nitrogens is 1. The average Bonchev–Trinajstić information content (AvgIpc) is 2.02. The minimum atomic E-state index is -0.282. The highest BCUT2D eigenvalue weighted by Crippen LogP contribution is 2.20. The van der Waals surface area contributed by atoms with Gasteiger partial charge in [0, 0.05) is 11.5 Å². The normalized spacial score (nSPS) is 10.5. The lowest BCUT2D eigenvalue weighted by Gasteiger charge is -2.00. The number of fused-ring (bicyclic) bond motifs is 1. The zero-order valence-corrected chi connectivity index (χ0v) is 7.16. The third-order valence-electron chi connectivity index (χ3n) is 1.99. The van der Waals surface area contributed by atoms with E-state index in [9.17, 15) is 9.90 Å². The maximum Gasteiger partial charge on any atom is 0.251 e. The van der Waals surface area contributed by atoms with Gasteiger partial charge in [-0.05, 0) is 18.4 Å². The Morgan fingerprint density at radius 3 is 2.85 bits per heavy atom. The lowest BCUT2D eigenvalue weighted by atomic mass is 10.1. The molecular formula is C10H9NO2. The van der Waals surface area contributed by atoms with Crippen molar-refractivity contribution in [3.05, 3.63) is 40.2 Å². The summed E-state index contributed by atoms with van der Waals surface area (Å²) in [5, 5.41) is 10.8. The van der Waals surface area contributed by atoms with E-state index < -0.39 is 0 Å². The topological polar surface area (TPSA) is 53.1 Å². The molecule has 0 spiro atoms. The molecule has 0 radical (unpaired) electrons. The van der Waals surface area contributed by atoms with Gasteiger partial charge in [0.25, 0.3) is 5.56 Å². The van der Waals surface area contributed by atoms with E-state index in [1.54, 1.807) is 6.07 Å². The van der Waals surface area contributed by atoms with Crippen molar-refractivity contribution in [1.82, 2.24) is 4.98 Å². The lowest BCUT2D eigenvalue weighted by Crippen LogP contribution is -2.02. The van der Waals surface area contributed by atoms with Crippen LogP contribution in [-0.2, 0) is 0 Å². The molecule has 13 heavy (non-hydrogen) atoms. The molecule has 0 aliphatic heterocycles. The molecule has 1 aromatic carbocycles. The second-order valence-electron chi connectivity index (χ2n) is 3.07. The van der Waals surface area contributed by atoms with E-state index in [2.05, 4.69) is 4.98 Å². The summed E-state index contributed by atoms with van der Waals surface area (Å²) in [5.41, 5.74) is 0.785. The fraction of sp³-hybridized carbons (Fsp3) is 0.100. The molecule has 0 saturated heterocycles. The molecule has 0 atom stereocenters. The van der Waals surface area contributed by atoms with Gasteiger partial charge in [0.1, 0.15) is 0 Å². The van der Waals surface area contributed by atoms with Crippen molar-refractivity contribution in [2.75, 3.05) is 0 Å². The van der Waals surface area contributed by atoms with Gasteiger partial charge in [-0.1, -0.05) is 17.7 Å². The van der Waals surface area contributed by atoms with Crippen LogP contribution in [0.15, 0.2) is 29.1 Å². The molecule has 0 unspecified atom stereocenters. The van der Waals surface area contributed by atoms with Gasteiger partial charge in [-0.15, -0.1) is 0 Å². The molecule has 2 aromatic rings. The first kappa shape index (κ1) is 7.86. The van der Waals surface area contributed by atoms with Crippen molar-refractivity contribution in [1.29, 1.82) is 0 Å². The Morgan fingerprint density at radius 2 is 2.08 bits per heavy atom. The van der Waals surface area contributed by atoms with Crippen LogP contribution < -0.4 is 5.56 Å².